The highest BCUT2D eigenvalue weighted by atomic mass is 32.1. The number of hydrogen-bond donors (Lipinski definition) is 1. The standard InChI is InChI=1S/C20H16F3N3O2S/c1-28-15-9-7-14(8-10-15)17-12-29-18(24-17)26-19(27,20(21,22)23)11-16(25-26)13-5-3-2-4-6-13/h2-10,12,27H,11H2,1H3. The van der Waals surface area contributed by atoms with E-state index in [4.69, 9.17) is 4.74 Å². The van der Waals surface area contributed by atoms with Gasteiger partial charge in [-0.1, -0.05) is 30.3 Å². The van der Waals surface area contributed by atoms with Crippen molar-refractivity contribution < 1.29 is 23.0 Å². The molecule has 1 aliphatic rings. The summed E-state index contributed by atoms with van der Waals surface area (Å²) in [5, 5.41) is 16.8. The van der Waals surface area contributed by atoms with E-state index in [1.54, 1.807) is 67.1 Å². The Hall–Kier alpha value is -2.91. The van der Waals surface area contributed by atoms with Crippen LogP contribution in [0.15, 0.2) is 65.1 Å². The number of nitrogens with zero attached hydrogens (tertiary/aromatic N) is 3. The normalized spacial score (nSPS) is 19.3. The van der Waals surface area contributed by atoms with Crippen LogP contribution < -0.4 is 9.75 Å². The van der Waals surface area contributed by atoms with Crippen LogP contribution in [-0.4, -0.2) is 34.8 Å². The lowest BCUT2D eigenvalue weighted by Gasteiger charge is -2.32. The number of benzene rings is 2. The van der Waals surface area contributed by atoms with Gasteiger partial charge in [0.2, 0.25) is 5.13 Å². The van der Waals surface area contributed by atoms with E-state index in [1.807, 2.05) is 0 Å². The third-order valence-corrected chi connectivity index (χ3v) is 5.42. The van der Waals surface area contributed by atoms with Gasteiger partial charge in [-0.05, 0) is 29.8 Å². The largest absolute Gasteiger partial charge is 0.497 e. The molecule has 0 aliphatic carbocycles. The van der Waals surface area contributed by atoms with Gasteiger partial charge in [-0.15, -0.1) is 11.3 Å². The van der Waals surface area contributed by atoms with Crippen LogP contribution in [0.3, 0.4) is 0 Å². The number of hydrogen-bond acceptors (Lipinski definition) is 6. The molecule has 0 saturated carbocycles. The number of aromatic nitrogens is 1. The third-order valence-electron chi connectivity index (χ3n) is 4.61. The minimum absolute atomic E-state index is 0.0402. The molecule has 1 aliphatic heterocycles. The highest BCUT2D eigenvalue weighted by molar-refractivity contribution is 7.14. The molecule has 1 atom stereocenters. The first-order valence-electron chi connectivity index (χ1n) is 8.64. The van der Waals surface area contributed by atoms with Crippen molar-refractivity contribution in [1.82, 2.24) is 4.98 Å². The minimum Gasteiger partial charge on any atom is -0.497 e. The van der Waals surface area contributed by atoms with E-state index >= 15 is 0 Å². The van der Waals surface area contributed by atoms with Crippen LogP contribution in [0.25, 0.3) is 11.3 Å². The number of hydrazone groups is 1. The van der Waals surface area contributed by atoms with E-state index < -0.39 is 18.3 Å². The molecule has 4 rings (SSSR count). The van der Waals surface area contributed by atoms with Crippen molar-refractivity contribution in [3.63, 3.8) is 0 Å². The Morgan fingerprint density at radius 2 is 1.76 bits per heavy atom. The van der Waals surface area contributed by atoms with Crippen LogP contribution in [0.5, 0.6) is 5.75 Å². The molecule has 0 radical (unpaired) electrons. The van der Waals surface area contributed by atoms with Crippen LogP contribution >= 0.6 is 11.3 Å². The first-order valence-corrected chi connectivity index (χ1v) is 9.52. The van der Waals surface area contributed by atoms with Crippen LogP contribution in [0, 0.1) is 0 Å². The second-order valence-corrected chi connectivity index (χ2v) is 7.30. The number of aliphatic hydroxyl groups is 1. The lowest BCUT2D eigenvalue weighted by molar-refractivity contribution is -0.254. The van der Waals surface area contributed by atoms with Crippen molar-refractivity contribution in [2.24, 2.45) is 5.10 Å². The quantitative estimate of drug-likeness (QED) is 0.667. The Labute approximate surface area is 168 Å². The summed E-state index contributed by atoms with van der Waals surface area (Å²) in [4.78, 5) is 4.29. The second kappa shape index (κ2) is 7.16. The Kier molecular flexibility index (Phi) is 4.79. The van der Waals surface area contributed by atoms with Crippen LogP contribution in [0.1, 0.15) is 12.0 Å². The molecule has 9 heteroatoms. The summed E-state index contributed by atoms with van der Waals surface area (Å²) in [7, 11) is 1.55. The molecule has 1 N–H and O–H groups in total. The van der Waals surface area contributed by atoms with Crippen molar-refractivity contribution in [3.8, 4) is 17.0 Å². The summed E-state index contributed by atoms with van der Waals surface area (Å²) in [6.45, 7) is 0. The van der Waals surface area contributed by atoms with Gasteiger partial charge < -0.3 is 9.84 Å². The molecule has 0 spiro atoms. The van der Waals surface area contributed by atoms with Crippen molar-refractivity contribution in [1.29, 1.82) is 0 Å². The minimum atomic E-state index is -4.92. The first kappa shape index (κ1) is 19.4. The maximum Gasteiger partial charge on any atom is 0.438 e. The molecule has 0 fully saturated rings. The van der Waals surface area contributed by atoms with Gasteiger partial charge in [0.25, 0.3) is 5.72 Å². The number of thiazole rings is 1. The van der Waals surface area contributed by atoms with Gasteiger partial charge in [0.15, 0.2) is 0 Å². The molecule has 5 nitrogen and oxygen atoms in total. The summed E-state index contributed by atoms with van der Waals surface area (Å²) in [5.41, 5.74) is -1.29. The monoisotopic (exact) mass is 419 g/mol. The average Bonchev–Trinajstić information content (AvgIpc) is 3.34. The fourth-order valence-electron chi connectivity index (χ4n) is 3.01. The topological polar surface area (TPSA) is 58.0 Å². The fourth-order valence-corrected chi connectivity index (χ4v) is 3.86. The van der Waals surface area contributed by atoms with Crippen LogP contribution in [0.2, 0.25) is 0 Å². The van der Waals surface area contributed by atoms with E-state index in [1.165, 1.54) is 0 Å². The molecule has 2 aromatic carbocycles. The Bertz CT molecular complexity index is 1040. The average molecular weight is 419 g/mol. The van der Waals surface area contributed by atoms with Gasteiger partial charge in [0.05, 0.1) is 24.9 Å². The molecule has 29 heavy (non-hydrogen) atoms. The van der Waals surface area contributed by atoms with Gasteiger partial charge in [-0.3, -0.25) is 0 Å². The fraction of sp³-hybridized carbons (Fsp3) is 0.200. The first-order chi connectivity index (χ1) is 13.8. The molecule has 3 aromatic rings. The zero-order chi connectivity index (χ0) is 20.6. The van der Waals surface area contributed by atoms with Gasteiger partial charge >= 0.3 is 6.18 Å². The lowest BCUT2D eigenvalue weighted by atomic mass is 10.0. The molecule has 1 aromatic heterocycles. The molecule has 0 bridgehead atoms. The summed E-state index contributed by atoms with van der Waals surface area (Å²) < 4.78 is 46.5. The molecular weight excluding hydrogens is 403 g/mol. The molecule has 0 amide bonds. The summed E-state index contributed by atoms with van der Waals surface area (Å²) in [6.07, 6.45) is -5.60. The smallest absolute Gasteiger partial charge is 0.438 e. The third kappa shape index (κ3) is 3.47. The van der Waals surface area contributed by atoms with Crippen molar-refractivity contribution in [2.75, 3.05) is 12.1 Å². The zero-order valence-corrected chi connectivity index (χ0v) is 16.0. The molecular formula is C20H16F3N3O2S. The van der Waals surface area contributed by atoms with Gasteiger partial charge in [0.1, 0.15) is 5.75 Å². The highest BCUT2D eigenvalue weighted by Crippen LogP contribution is 2.45. The number of anilines is 1. The number of methoxy groups -OCH3 is 1. The highest BCUT2D eigenvalue weighted by Gasteiger charge is 2.62. The number of halogens is 3. The maximum absolute atomic E-state index is 13.8. The summed E-state index contributed by atoms with van der Waals surface area (Å²) in [5.74, 6) is 0.660. The van der Waals surface area contributed by atoms with Crippen molar-refractivity contribution >= 4 is 22.2 Å². The lowest BCUT2D eigenvalue weighted by Crippen LogP contribution is -2.55. The number of ether oxygens (including phenoxy) is 1. The number of rotatable bonds is 4. The van der Waals surface area contributed by atoms with E-state index in [9.17, 15) is 18.3 Å². The summed E-state index contributed by atoms with van der Waals surface area (Å²) in [6, 6.07) is 15.5. The molecule has 0 saturated heterocycles. The van der Waals surface area contributed by atoms with Gasteiger partial charge in [-0.2, -0.15) is 23.3 Å². The van der Waals surface area contributed by atoms with Gasteiger partial charge in [-0.25, -0.2) is 4.98 Å². The van der Waals surface area contributed by atoms with Crippen molar-refractivity contribution in [3.05, 3.63) is 65.5 Å². The molecule has 2 heterocycles. The Morgan fingerprint density at radius 1 is 1.07 bits per heavy atom. The van der Waals surface area contributed by atoms with E-state index in [-0.39, 0.29) is 10.8 Å². The van der Waals surface area contributed by atoms with Crippen LogP contribution in [-0.2, 0) is 0 Å². The van der Waals surface area contributed by atoms with Gasteiger partial charge in [0, 0.05) is 10.9 Å². The maximum atomic E-state index is 13.8. The van der Waals surface area contributed by atoms with E-state index in [0.29, 0.717) is 22.0 Å². The summed E-state index contributed by atoms with van der Waals surface area (Å²) >= 11 is 0.984. The SMILES string of the molecule is COc1ccc(-c2csc(N3N=C(c4ccccc4)CC3(O)C(F)(F)F)n2)cc1. The number of alkyl halides is 3. The van der Waals surface area contributed by atoms with Crippen molar-refractivity contribution in [2.45, 2.75) is 18.3 Å². The van der Waals surface area contributed by atoms with E-state index in [0.717, 1.165) is 16.9 Å². The Balaban J connectivity index is 1.72. The Morgan fingerprint density at radius 3 is 2.38 bits per heavy atom. The molecule has 150 valence electrons. The second-order valence-electron chi connectivity index (χ2n) is 6.46. The van der Waals surface area contributed by atoms with E-state index in [2.05, 4.69) is 10.1 Å². The predicted octanol–water partition coefficient (Wildman–Crippen LogP) is 4.68. The predicted molar refractivity (Wildman–Crippen MR) is 105 cm³/mol. The van der Waals surface area contributed by atoms with Crippen LogP contribution in [0.4, 0.5) is 18.3 Å². The molecule has 1 unspecified atom stereocenters. The zero-order valence-electron chi connectivity index (χ0n) is 15.2.